The largest absolute Gasteiger partial charge is 0.474 e. The van der Waals surface area contributed by atoms with E-state index in [1.807, 2.05) is 14.0 Å². The van der Waals surface area contributed by atoms with Gasteiger partial charge in [0.05, 0.1) is 12.3 Å². The van der Waals surface area contributed by atoms with Gasteiger partial charge in [0, 0.05) is 13.7 Å². The first-order chi connectivity index (χ1) is 7.57. The number of rotatable bonds is 6. The molecular formula is C11H21N3O2. The van der Waals surface area contributed by atoms with Gasteiger partial charge in [-0.25, -0.2) is 4.68 Å². The molecule has 0 aliphatic carbocycles. The Hall–Kier alpha value is -1.23. The first kappa shape index (κ1) is 12.8. The lowest BCUT2D eigenvalue weighted by Gasteiger charge is -2.07. The molecule has 0 aliphatic rings. The molecule has 92 valence electrons. The van der Waals surface area contributed by atoms with E-state index in [4.69, 9.17) is 15.2 Å². The molecule has 0 radical (unpaired) electrons. The molecule has 0 amide bonds. The first-order valence-corrected chi connectivity index (χ1v) is 5.60. The highest BCUT2D eigenvalue weighted by Crippen LogP contribution is 2.29. The molecule has 0 bridgehead atoms. The Labute approximate surface area is 96.5 Å². The number of nitrogens with zero attached hydrogens (tertiary/aromatic N) is 2. The van der Waals surface area contributed by atoms with Gasteiger partial charge in [-0.05, 0) is 12.8 Å². The second kappa shape index (κ2) is 5.75. The number of nitrogens with two attached hydrogens (primary N) is 1. The molecule has 1 rings (SSSR count). The maximum absolute atomic E-state index is 5.97. The van der Waals surface area contributed by atoms with Crippen LogP contribution in [0.5, 0.6) is 5.88 Å². The normalized spacial score (nSPS) is 11.1. The monoisotopic (exact) mass is 227 g/mol. The van der Waals surface area contributed by atoms with E-state index in [1.165, 1.54) is 0 Å². The van der Waals surface area contributed by atoms with Crippen LogP contribution in [-0.2, 0) is 11.8 Å². The summed E-state index contributed by atoms with van der Waals surface area (Å²) in [5, 5.41) is 4.33. The third-order valence-corrected chi connectivity index (χ3v) is 2.28. The predicted octanol–water partition coefficient (Wildman–Crippen LogP) is 1.54. The Bertz CT molecular complexity index is 334. The maximum Gasteiger partial charge on any atom is 0.235 e. The minimum Gasteiger partial charge on any atom is -0.474 e. The second-order valence-corrected chi connectivity index (χ2v) is 3.93. The van der Waals surface area contributed by atoms with E-state index in [-0.39, 0.29) is 0 Å². The Balaban J connectivity index is 2.65. The van der Waals surface area contributed by atoms with Crippen LogP contribution in [-0.4, -0.2) is 29.6 Å². The molecule has 1 heterocycles. The molecule has 1 aromatic rings. The summed E-state index contributed by atoms with van der Waals surface area (Å²) in [5.74, 6) is 0.929. The zero-order valence-corrected chi connectivity index (χ0v) is 10.5. The van der Waals surface area contributed by atoms with Crippen molar-refractivity contribution in [1.29, 1.82) is 0 Å². The van der Waals surface area contributed by atoms with Crippen molar-refractivity contribution in [1.82, 2.24) is 9.78 Å². The molecule has 16 heavy (non-hydrogen) atoms. The SMILES string of the molecule is CCOCCOc1c(N)c(C(C)C)nn1C. The molecule has 5 nitrogen and oxygen atoms in total. The molecule has 5 heteroatoms. The van der Waals surface area contributed by atoms with Gasteiger partial charge in [0.15, 0.2) is 0 Å². The van der Waals surface area contributed by atoms with Crippen molar-refractivity contribution >= 4 is 5.69 Å². The quantitative estimate of drug-likeness (QED) is 0.749. The zero-order chi connectivity index (χ0) is 12.1. The van der Waals surface area contributed by atoms with Gasteiger partial charge in [-0.15, -0.1) is 0 Å². The van der Waals surface area contributed by atoms with Crippen molar-refractivity contribution in [2.24, 2.45) is 7.05 Å². The van der Waals surface area contributed by atoms with Crippen molar-refractivity contribution in [2.45, 2.75) is 26.7 Å². The van der Waals surface area contributed by atoms with Crippen LogP contribution in [0.15, 0.2) is 0 Å². The third kappa shape index (κ3) is 2.88. The van der Waals surface area contributed by atoms with Gasteiger partial charge < -0.3 is 15.2 Å². The van der Waals surface area contributed by atoms with Crippen molar-refractivity contribution in [2.75, 3.05) is 25.6 Å². The molecule has 0 spiro atoms. The highest BCUT2D eigenvalue weighted by molar-refractivity contribution is 5.54. The van der Waals surface area contributed by atoms with Gasteiger partial charge in [-0.2, -0.15) is 5.10 Å². The van der Waals surface area contributed by atoms with Crippen LogP contribution in [0.2, 0.25) is 0 Å². The molecule has 0 unspecified atom stereocenters. The van der Waals surface area contributed by atoms with Gasteiger partial charge in [-0.1, -0.05) is 13.8 Å². The molecule has 2 N–H and O–H groups in total. The minimum atomic E-state index is 0.301. The molecule has 0 saturated heterocycles. The van der Waals surface area contributed by atoms with E-state index in [2.05, 4.69) is 18.9 Å². The van der Waals surface area contributed by atoms with Crippen molar-refractivity contribution < 1.29 is 9.47 Å². The number of hydrogen-bond acceptors (Lipinski definition) is 4. The van der Waals surface area contributed by atoms with E-state index < -0.39 is 0 Å². The van der Waals surface area contributed by atoms with Crippen LogP contribution in [0.3, 0.4) is 0 Å². The Morgan fingerprint density at radius 2 is 2.06 bits per heavy atom. The number of ether oxygens (including phenoxy) is 2. The van der Waals surface area contributed by atoms with E-state index in [0.717, 1.165) is 5.69 Å². The highest BCUT2D eigenvalue weighted by atomic mass is 16.5. The fourth-order valence-electron chi connectivity index (χ4n) is 1.48. The number of nitrogen functional groups attached to an aromatic ring is 1. The maximum atomic E-state index is 5.97. The molecule has 0 atom stereocenters. The van der Waals surface area contributed by atoms with Gasteiger partial charge in [0.1, 0.15) is 12.3 Å². The van der Waals surface area contributed by atoms with Gasteiger partial charge in [0.25, 0.3) is 0 Å². The summed E-state index contributed by atoms with van der Waals surface area (Å²) in [6.07, 6.45) is 0. The Morgan fingerprint density at radius 1 is 1.38 bits per heavy atom. The van der Waals surface area contributed by atoms with Crippen molar-refractivity contribution in [3.63, 3.8) is 0 Å². The van der Waals surface area contributed by atoms with Crippen molar-refractivity contribution in [3.05, 3.63) is 5.69 Å². The van der Waals surface area contributed by atoms with Crippen LogP contribution < -0.4 is 10.5 Å². The summed E-state index contributed by atoms with van der Waals surface area (Å²) in [7, 11) is 1.83. The fourth-order valence-corrected chi connectivity index (χ4v) is 1.48. The zero-order valence-electron chi connectivity index (χ0n) is 10.5. The average molecular weight is 227 g/mol. The minimum absolute atomic E-state index is 0.301. The highest BCUT2D eigenvalue weighted by Gasteiger charge is 2.16. The van der Waals surface area contributed by atoms with Gasteiger partial charge in [-0.3, -0.25) is 0 Å². The van der Waals surface area contributed by atoms with E-state index in [9.17, 15) is 0 Å². The molecule has 0 fully saturated rings. The summed E-state index contributed by atoms with van der Waals surface area (Å²) in [6.45, 7) is 7.83. The average Bonchev–Trinajstić information content (AvgIpc) is 2.51. The van der Waals surface area contributed by atoms with E-state index >= 15 is 0 Å². The summed E-state index contributed by atoms with van der Waals surface area (Å²) in [5.41, 5.74) is 7.49. The Kier molecular flexibility index (Phi) is 4.61. The van der Waals surface area contributed by atoms with Crippen LogP contribution in [0.4, 0.5) is 5.69 Å². The summed E-state index contributed by atoms with van der Waals surface area (Å²) >= 11 is 0. The lowest BCUT2D eigenvalue weighted by molar-refractivity contribution is 0.107. The summed E-state index contributed by atoms with van der Waals surface area (Å²) < 4.78 is 12.4. The van der Waals surface area contributed by atoms with Crippen LogP contribution in [0.25, 0.3) is 0 Å². The van der Waals surface area contributed by atoms with Crippen LogP contribution >= 0.6 is 0 Å². The molecule has 0 aromatic carbocycles. The van der Waals surface area contributed by atoms with Gasteiger partial charge >= 0.3 is 0 Å². The molecule has 1 aromatic heterocycles. The van der Waals surface area contributed by atoms with Crippen molar-refractivity contribution in [3.8, 4) is 5.88 Å². The van der Waals surface area contributed by atoms with E-state index in [0.29, 0.717) is 37.3 Å². The first-order valence-electron chi connectivity index (χ1n) is 5.60. The predicted molar refractivity (Wildman–Crippen MR) is 63.7 cm³/mol. The van der Waals surface area contributed by atoms with Crippen LogP contribution in [0.1, 0.15) is 32.4 Å². The lowest BCUT2D eigenvalue weighted by Crippen LogP contribution is -2.09. The van der Waals surface area contributed by atoms with Crippen LogP contribution in [0, 0.1) is 0 Å². The van der Waals surface area contributed by atoms with E-state index in [1.54, 1.807) is 4.68 Å². The smallest absolute Gasteiger partial charge is 0.235 e. The summed E-state index contributed by atoms with van der Waals surface area (Å²) in [4.78, 5) is 0. The number of aromatic nitrogens is 2. The lowest BCUT2D eigenvalue weighted by atomic mass is 10.1. The topological polar surface area (TPSA) is 62.3 Å². The molecule has 0 aliphatic heterocycles. The molecule has 0 saturated carbocycles. The number of aryl methyl sites for hydroxylation is 1. The number of anilines is 1. The molecular weight excluding hydrogens is 206 g/mol. The standard InChI is InChI=1S/C11H21N3O2/c1-5-15-6-7-16-11-9(12)10(8(2)3)13-14(11)4/h8H,5-7,12H2,1-4H3. The van der Waals surface area contributed by atoms with Gasteiger partial charge in [0.2, 0.25) is 5.88 Å². The number of hydrogen-bond donors (Lipinski definition) is 1. The Morgan fingerprint density at radius 3 is 2.56 bits per heavy atom. The second-order valence-electron chi connectivity index (χ2n) is 3.93. The third-order valence-electron chi connectivity index (χ3n) is 2.28. The summed E-state index contributed by atoms with van der Waals surface area (Å²) in [6, 6.07) is 0. The fraction of sp³-hybridized carbons (Fsp3) is 0.727.